The van der Waals surface area contributed by atoms with Crippen LogP contribution in [0.3, 0.4) is 0 Å². The van der Waals surface area contributed by atoms with Crippen LogP contribution in [0.2, 0.25) is 0 Å². The first-order valence-corrected chi connectivity index (χ1v) is 5.87. The van der Waals surface area contributed by atoms with Gasteiger partial charge in [-0.15, -0.1) is 0 Å². The zero-order valence-electron chi connectivity index (χ0n) is 10.9. The molecule has 0 aliphatic rings. The Morgan fingerprint density at radius 2 is 2.00 bits per heavy atom. The predicted molar refractivity (Wildman–Crippen MR) is 68.6 cm³/mol. The molecule has 0 aliphatic heterocycles. The average molecular weight is 303 g/mol. The monoisotopic (exact) mass is 303 g/mol. The number of amides is 2. The van der Waals surface area contributed by atoms with E-state index < -0.39 is 24.6 Å². The van der Waals surface area contributed by atoms with Crippen LogP contribution >= 0.6 is 0 Å². The van der Waals surface area contributed by atoms with Crippen LogP contribution in [0, 0.1) is 17.7 Å². The summed E-state index contributed by atoms with van der Waals surface area (Å²) in [6.07, 6.45) is -4.50. The standard InChI is InChI=1S/C13H13F4N3O/c14-11-4-3-9(2-1-5-18)6-10(11)7-19-12(21)20-8-13(15,16)17/h3-4,6H,5,7-8,18H2,(H2,19,20,21). The van der Waals surface area contributed by atoms with E-state index in [-0.39, 0.29) is 18.7 Å². The number of urea groups is 1. The molecule has 0 atom stereocenters. The molecule has 4 N–H and O–H groups in total. The highest BCUT2D eigenvalue weighted by Crippen LogP contribution is 2.12. The number of benzene rings is 1. The second kappa shape index (κ2) is 7.50. The molecular formula is C13H13F4N3O. The normalized spacial score (nSPS) is 10.5. The highest BCUT2D eigenvalue weighted by Gasteiger charge is 2.27. The first-order chi connectivity index (χ1) is 9.81. The lowest BCUT2D eigenvalue weighted by molar-refractivity contribution is -0.122. The highest BCUT2D eigenvalue weighted by atomic mass is 19.4. The largest absolute Gasteiger partial charge is 0.405 e. The molecule has 4 nitrogen and oxygen atoms in total. The van der Waals surface area contributed by atoms with Crippen molar-refractivity contribution in [2.24, 2.45) is 5.73 Å². The summed E-state index contributed by atoms with van der Waals surface area (Å²) < 4.78 is 49.2. The van der Waals surface area contributed by atoms with E-state index in [1.807, 2.05) is 0 Å². The van der Waals surface area contributed by atoms with Crippen LogP contribution in [0.5, 0.6) is 0 Å². The summed E-state index contributed by atoms with van der Waals surface area (Å²) in [5.74, 6) is 4.68. The SMILES string of the molecule is NCC#Cc1ccc(F)c(CNC(=O)NCC(F)(F)F)c1. The van der Waals surface area contributed by atoms with E-state index in [1.54, 1.807) is 5.32 Å². The van der Waals surface area contributed by atoms with Gasteiger partial charge in [0.1, 0.15) is 12.4 Å². The van der Waals surface area contributed by atoms with Crippen molar-refractivity contribution in [3.63, 3.8) is 0 Å². The molecule has 114 valence electrons. The molecule has 21 heavy (non-hydrogen) atoms. The van der Waals surface area contributed by atoms with Gasteiger partial charge in [0.15, 0.2) is 0 Å². The molecule has 0 aromatic heterocycles. The quantitative estimate of drug-likeness (QED) is 0.585. The number of nitrogens with one attached hydrogen (secondary N) is 2. The summed E-state index contributed by atoms with van der Waals surface area (Å²) in [7, 11) is 0. The molecule has 0 radical (unpaired) electrons. The van der Waals surface area contributed by atoms with E-state index in [0.717, 1.165) is 6.07 Å². The zero-order valence-corrected chi connectivity index (χ0v) is 10.9. The first-order valence-electron chi connectivity index (χ1n) is 5.87. The summed E-state index contributed by atoms with van der Waals surface area (Å²) in [5, 5.41) is 3.75. The van der Waals surface area contributed by atoms with Gasteiger partial charge >= 0.3 is 12.2 Å². The molecule has 0 spiro atoms. The van der Waals surface area contributed by atoms with Gasteiger partial charge in [0.05, 0.1) is 6.54 Å². The van der Waals surface area contributed by atoms with E-state index >= 15 is 0 Å². The fourth-order valence-electron chi connectivity index (χ4n) is 1.36. The third-order valence-electron chi connectivity index (χ3n) is 2.27. The molecule has 1 aromatic carbocycles. The summed E-state index contributed by atoms with van der Waals surface area (Å²) in [5.41, 5.74) is 5.81. The molecule has 0 bridgehead atoms. The van der Waals surface area contributed by atoms with Crippen molar-refractivity contribution in [2.45, 2.75) is 12.7 Å². The molecule has 0 aliphatic carbocycles. The number of carbonyl (C=O) groups excluding carboxylic acids is 1. The van der Waals surface area contributed by atoms with E-state index in [9.17, 15) is 22.4 Å². The van der Waals surface area contributed by atoms with Crippen LogP contribution in [-0.4, -0.2) is 25.3 Å². The summed E-state index contributed by atoms with van der Waals surface area (Å²) in [6.45, 7) is -1.57. The molecular weight excluding hydrogens is 290 g/mol. The minimum absolute atomic E-state index is 0.112. The zero-order chi connectivity index (χ0) is 15.9. The van der Waals surface area contributed by atoms with Gasteiger partial charge < -0.3 is 16.4 Å². The number of alkyl halides is 3. The van der Waals surface area contributed by atoms with Gasteiger partial charge in [-0.3, -0.25) is 0 Å². The summed E-state index contributed by atoms with van der Waals surface area (Å²) >= 11 is 0. The number of hydrogen-bond acceptors (Lipinski definition) is 2. The Bertz CT molecular complexity index is 561. The van der Waals surface area contributed by atoms with Crippen molar-refractivity contribution in [2.75, 3.05) is 13.1 Å². The van der Waals surface area contributed by atoms with Crippen molar-refractivity contribution in [1.29, 1.82) is 0 Å². The van der Waals surface area contributed by atoms with E-state index in [0.29, 0.717) is 5.56 Å². The van der Waals surface area contributed by atoms with Gasteiger partial charge in [-0.2, -0.15) is 13.2 Å². The second-order valence-corrected chi connectivity index (χ2v) is 3.96. The lowest BCUT2D eigenvalue weighted by Crippen LogP contribution is -2.40. The molecule has 0 unspecified atom stereocenters. The van der Waals surface area contributed by atoms with Gasteiger partial charge in [-0.25, -0.2) is 9.18 Å². The Balaban J connectivity index is 2.60. The van der Waals surface area contributed by atoms with Gasteiger partial charge in [0.25, 0.3) is 0 Å². The maximum Gasteiger partial charge on any atom is 0.405 e. The lowest BCUT2D eigenvalue weighted by Gasteiger charge is -2.10. The molecule has 0 fully saturated rings. The first kappa shape index (κ1) is 16.8. The van der Waals surface area contributed by atoms with Crippen LogP contribution in [0.4, 0.5) is 22.4 Å². The maximum atomic E-state index is 13.5. The van der Waals surface area contributed by atoms with Crippen LogP contribution in [0.1, 0.15) is 11.1 Å². The van der Waals surface area contributed by atoms with Crippen LogP contribution in [-0.2, 0) is 6.54 Å². The van der Waals surface area contributed by atoms with E-state index in [1.165, 1.54) is 12.1 Å². The molecule has 0 saturated carbocycles. The molecule has 8 heteroatoms. The molecule has 1 rings (SSSR count). The fourth-order valence-corrected chi connectivity index (χ4v) is 1.36. The van der Waals surface area contributed by atoms with Crippen molar-refractivity contribution < 1.29 is 22.4 Å². The average Bonchev–Trinajstić information content (AvgIpc) is 2.42. The van der Waals surface area contributed by atoms with Crippen molar-refractivity contribution in [3.05, 3.63) is 35.1 Å². The van der Waals surface area contributed by atoms with Crippen LogP contribution < -0.4 is 16.4 Å². The van der Waals surface area contributed by atoms with Gasteiger partial charge in [0.2, 0.25) is 0 Å². The van der Waals surface area contributed by atoms with Gasteiger partial charge in [-0.05, 0) is 18.2 Å². The van der Waals surface area contributed by atoms with Crippen LogP contribution in [0.25, 0.3) is 0 Å². The van der Waals surface area contributed by atoms with Crippen molar-refractivity contribution in [1.82, 2.24) is 10.6 Å². The lowest BCUT2D eigenvalue weighted by atomic mass is 10.1. The van der Waals surface area contributed by atoms with E-state index in [2.05, 4.69) is 17.2 Å². The van der Waals surface area contributed by atoms with Gasteiger partial charge in [-0.1, -0.05) is 11.8 Å². The Morgan fingerprint density at radius 3 is 2.62 bits per heavy atom. The minimum atomic E-state index is -4.50. The molecule has 0 heterocycles. The Labute approximate surface area is 118 Å². The number of halogens is 4. The minimum Gasteiger partial charge on any atom is -0.334 e. The smallest absolute Gasteiger partial charge is 0.334 e. The van der Waals surface area contributed by atoms with Gasteiger partial charge in [0, 0.05) is 17.7 Å². The summed E-state index contributed by atoms with van der Waals surface area (Å²) in [6, 6.07) is 2.95. The van der Waals surface area contributed by atoms with Crippen molar-refractivity contribution >= 4 is 6.03 Å². The molecule has 1 aromatic rings. The summed E-state index contributed by atoms with van der Waals surface area (Å²) in [4.78, 5) is 11.1. The van der Waals surface area contributed by atoms with Crippen molar-refractivity contribution in [3.8, 4) is 11.8 Å². The topological polar surface area (TPSA) is 67.1 Å². The maximum absolute atomic E-state index is 13.5. The number of nitrogens with two attached hydrogens (primary N) is 1. The number of carbonyl (C=O) groups is 1. The number of hydrogen-bond donors (Lipinski definition) is 3. The Morgan fingerprint density at radius 1 is 1.29 bits per heavy atom. The Hall–Kier alpha value is -2.27. The predicted octanol–water partition coefficient (Wildman–Crippen LogP) is 1.50. The third-order valence-corrected chi connectivity index (χ3v) is 2.27. The highest BCUT2D eigenvalue weighted by molar-refractivity contribution is 5.73. The van der Waals surface area contributed by atoms with E-state index in [4.69, 9.17) is 5.73 Å². The second-order valence-electron chi connectivity index (χ2n) is 3.96. The van der Waals surface area contributed by atoms with Crippen LogP contribution in [0.15, 0.2) is 18.2 Å². The third kappa shape index (κ3) is 6.63. The molecule has 2 amide bonds. The Kier molecular flexibility index (Phi) is 5.99. The molecule has 0 saturated heterocycles. The fraction of sp³-hybridized carbons (Fsp3) is 0.308. The number of rotatable bonds is 3.